The van der Waals surface area contributed by atoms with Gasteiger partial charge in [-0.05, 0) is 25.1 Å². The Morgan fingerprint density at radius 3 is 2.77 bits per heavy atom. The highest BCUT2D eigenvalue weighted by molar-refractivity contribution is 6.05. The maximum atomic E-state index is 13.4. The van der Waals surface area contributed by atoms with Crippen LogP contribution in [-0.2, 0) is 7.05 Å². The van der Waals surface area contributed by atoms with Crippen LogP contribution >= 0.6 is 0 Å². The minimum atomic E-state index is -0.469. The van der Waals surface area contributed by atoms with Gasteiger partial charge in [0.05, 0.1) is 11.3 Å². The molecule has 0 unspecified atom stereocenters. The molecule has 3 N–H and O–H groups in total. The molecular formula is C15H14FN5O. The summed E-state index contributed by atoms with van der Waals surface area (Å²) in [5, 5.41) is 0. The van der Waals surface area contributed by atoms with Gasteiger partial charge in [-0.15, -0.1) is 0 Å². The molecule has 112 valence electrons. The highest BCUT2D eigenvalue weighted by atomic mass is 19.1. The number of nitrogens with two attached hydrogens (primary N) is 1. The molecule has 22 heavy (non-hydrogen) atoms. The van der Waals surface area contributed by atoms with Gasteiger partial charge in [0.2, 0.25) is 0 Å². The van der Waals surface area contributed by atoms with Crippen molar-refractivity contribution in [2.75, 3.05) is 0 Å². The fraction of sp³-hybridized carbons (Fsp3) is 0.133. The van der Waals surface area contributed by atoms with Crippen molar-refractivity contribution in [3.05, 3.63) is 47.5 Å². The number of hydrazine groups is 1. The van der Waals surface area contributed by atoms with Crippen molar-refractivity contribution in [3.8, 4) is 11.3 Å². The van der Waals surface area contributed by atoms with Crippen LogP contribution in [0.2, 0.25) is 0 Å². The monoisotopic (exact) mass is 299 g/mol. The molecule has 0 fully saturated rings. The molecule has 3 rings (SSSR count). The van der Waals surface area contributed by atoms with Crippen LogP contribution in [0.5, 0.6) is 0 Å². The van der Waals surface area contributed by atoms with Crippen LogP contribution in [0.15, 0.2) is 30.3 Å². The van der Waals surface area contributed by atoms with Gasteiger partial charge < -0.3 is 4.57 Å². The molecule has 0 aliphatic rings. The summed E-state index contributed by atoms with van der Waals surface area (Å²) in [6.07, 6.45) is 0. The third-order valence-corrected chi connectivity index (χ3v) is 3.55. The van der Waals surface area contributed by atoms with E-state index in [2.05, 4.69) is 15.4 Å². The number of carbonyl (C=O) groups is 1. The van der Waals surface area contributed by atoms with Crippen molar-refractivity contribution in [1.82, 2.24) is 20.0 Å². The molecule has 1 aromatic carbocycles. The first kappa shape index (κ1) is 14.2. The molecule has 0 spiro atoms. The van der Waals surface area contributed by atoms with Gasteiger partial charge in [-0.1, -0.05) is 12.1 Å². The van der Waals surface area contributed by atoms with E-state index in [1.54, 1.807) is 29.8 Å². The van der Waals surface area contributed by atoms with Crippen LogP contribution in [0.25, 0.3) is 22.4 Å². The zero-order chi connectivity index (χ0) is 15.9. The maximum absolute atomic E-state index is 13.4. The Bertz CT molecular complexity index is 887. The van der Waals surface area contributed by atoms with Gasteiger partial charge in [0.1, 0.15) is 17.2 Å². The summed E-state index contributed by atoms with van der Waals surface area (Å²) >= 11 is 0. The number of imidazole rings is 1. The van der Waals surface area contributed by atoms with E-state index in [1.807, 2.05) is 6.92 Å². The fourth-order valence-corrected chi connectivity index (χ4v) is 2.31. The smallest absolute Gasteiger partial charge is 0.267 e. The highest BCUT2D eigenvalue weighted by Crippen LogP contribution is 2.25. The minimum Gasteiger partial charge on any atom is -0.316 e. The molecule has 6 nitrogen and oxygen atoms in total. The molecule has 0 saturated heterocycles. The highest BCUT2D eigenvalue weighted by Gasteiger charge is 2.18. The molecule has 3 aromatic rings. The number of hydrogen-bond donors (Lipinski definition) is 2. The van der Waals surface area contributed by atoms with Crippen molar-refractivity contribution in [2.24, 2.45) is 12.9 Å². The van der Waals surface area contributed by atoms with Gasteiger partial charge in [0.25, 0.3) is 5.91 Å². The SMILES string of the molecule is Cc1nc2c(C(=O)NN)cc(-c3cccc(F)c3)nc2n1C. The zero-order valence-corrected chi connectivity index (χ0v) is 12.1. The first-order valence-corrected chi connectivity index (χ1v) is 6.62. The van der Waals surface area contributed by atoms with E-state index in [0.29, 0.717) is 33.8 Å². The van der Waals surface area contributed by atoms with E-state index in [4.69, 9.17) is 5.84 Å². The zero-order valence-electron chi connectivity index (χ0n) is 12.1. The third-order valence-electron chi connectivity index (χ3n) is 3.55. The Kier molecular flexibility index (Phi) is 3.34. The van der Waals surface area contributed by atoms with Gasteiger partial charge in [0, 0.05) is 12.6 Å². The fourth-order valence-electron chi connectivity index (χ4n) is 2.31. The van der Waals surface area contributed by atoms with Crippen LogP contribution in [0.1, 0.15) is 16.2 Å². The lowest BCUT2D eigenvalue weighted by atomic mass is 10.1. The number of nitrogen functional groups attached to an aromatic ring is 1. The molecule has 0 radical (unpaired) electrons. The molecule has 1 amide bonds. The number of benzene rings is 1. The van der Waals surface area contributed by atoms with E-state index in [-0.39, 0.29) is 5.82 Å². The third kappa shape index (κ3) is 2.21. The number of rotatable bonds is 2. The van der Waals surface area contributed by atoms with Crippen LogP contribution in [0.3, 0.4) is 0 Å². The summed E-state index contributed by atoms with van der Waals surface area (Å²) in [5.74, 6) is 5.11. The topological polar surface area (TPSA) is 85.8 Å². The van der Waals surface area contributed by atoms with Crippen LogP contribution in [0, 0.1) is 12.7 Å². The molecule has 2 aromatic heterocycles. The van der Waals surface area contributed by atoms with E-state index < -0.39 is 5.91 Å². The average molecular weight is 299 g/mol. The van der Waals surface area contributed by atoms with Crippen molar-refractivity contribution in [3.63, 3.8) is 0 Å². The standard InChI is InChI=1S/C15H14FN5O/c1-8-18-13-11(15(22)20-17)7-12(19-14(13)21(8)2)9-4-3-5-10(16)6-9/h3-7H,17H2,1-2H3,(H,20,22). The van der Waals surface area contributed by atoms with Gasteiger partial charge in [-0.2, -0.15) is 0 Å². The molecule has 0 saturated carbocycles. The summed E-state index contributed by atoms with van der Waals surface area (Å²) in [5.41, 5.74) is 4.46. The number of nitrogens with zero attached hydrogens (tertiary/aromatic N) is 3. The molecule has 0 aliphatic carbocycles. The number of pyridine rings is 1. The Morgan fingerprint density at radius 1 is 1.32 bits per heavy atom. The lowest BCUT2D eigenvalue weighted by Gasteiger charge is -2.06. The van der Waals surface area contributed by atoms with E-state index >= 15 is 0 Å². The number of aromatic nitrogens is 3. The van der Waals surface area contributed by atoms with Crippen LogP contribution in [0.4, 0.5) is 4.39 Å². The summed E-state index contributed by atoms with van der Waals surface area (Å²) < 4.78 is 15.2. The first-order valence-electron chi connectivity index (χ1n) is 6.62. The second-order valence-corrected chi connectivity index (χ2v) is 4.93. The molecule has 0 atom stereocenters. The van der Waals surface area contributed by atoms with E-state index in [1.165, 1.54) is 12.1 Å². The number of aryl methyl sites for hydroxylation is 2. The van der Waals surface area contributed by atoms with E-state index in [0.717, 1.165) is 0 Å². The molecule has 0 aliphatic heterocycles. The lowest BCUT2D eigenvalue weighted by Crippen LogP contribution is -2.30. The van der Waals surface area contributed by atoms with Crippen LogP contribution < -0.4 is 11.3 Å². The average Bonchev–Trinajstić information content (AvgIpc) is 2.81. The van der Waals surface area contributed by atoms with Gasteiger partial charge in [0.15, 0.2) is 5.65 Å². The Morgan fingerprint density at radius 2 is 2.09 bits per heavy atom. The summed E-state index contributed by atoms with van der Waals surface area (Å²) in [6, 6.07) is 7.59. The number of amides is 1. The maximum Gasteiger partial charge on any atom is 0.267 e. The predicted molar refractivity (Wildman–Crippen MR) is 80.3 cm³/mol. The number of fused-ring (bicyclic) bond motifs is 1. The summed E-state index contributed by atoms with van der Waals surface area (Å²) in [7, 11) is 1.80. The summed E-state index contributed by atoms with van der Waals surface area (Å²) in [4.78, 5) is 20.9. The first-order chi connectivity index (χ1) is 10.5. The minimum absolute atomic E-state index is 0.301. The number of carbonyl (C=O) groups excluding carboxylic acids is 1. The van der Waals surface area contributed by atoms with Crippen molar-refractivity contribution in [2.45, 2.75) is 6.92 Å². The number of nitrogens with one attached hydrogen (secondary N) is 1. The largest absolute Gasteiger partial charge is 0.316 e. The second kappa shape index (κ2) is 5.19. The summed E-state index contributed by atoms with van der Waals surface area (Å²) in [6.45, 7) is 1.81. The Hall–Kier alpha value is -2.80. The van der Waals surface area contributed by atoms with Crippen molar-refractivity contribution < 1.29 is 9.18 Å². The van der Waals surface area contributed by atoms with Crippen molar-refractivity contribution in [1.29, 1.82) is 0 Å². The molecular weight excluding hydrogens is 285 g/mol. The van der Waals surface area contributed by atoms with Gasteiger partial charge >= 0.3 is 0 Å². The van der Waals surface area contributed by atoms with Crippen molar-refractivity contribution >= 4 is 17.1 Å². The lowest BCUT2D eigenvalue weighted by molar-refractivity contribution is 0.0955. The molecule has 0 bridgehead atoms. The Balaban J connectivity index is 2.33. The van der Waals surface area contributed by atoms with Gasteiger partial charge in [-0.25, -0.2) is 20.2 Å². The van der Waals surface area contributed by atoms with E-state index in [9.17, 15) is 9.18 Å². The predicted octanol–water partition coefficient (Wildman–Crippen LogP) is 1.69. The molecule has 7 heteroatoms. The quantitative estimate of drug-likeness (QED) is 0.428. The Labute approximate surface area is 125 Å². The number of hydrogen-bond acceptors (Lipinski definition) is 4. The van der Waals surface area contributed by atoms with Gasteiger partial charge in [-0.3, -0.25) is 10.2 Å². The molecule has 2 heterocycles. The normalized spacial score (nSPS) is 10.9. The second-order valence-electron chi connectivity index (χ2n) is 4.93. The van der Waals surface area contributed by atoms with Crippen LogP contribution in [-0.4, -0.2) is 20.4 Å². The number of halogens is 1.